The van der Waals surface area contributed by atoms with Gasteiger partial charge in [0.2, 0.25) is 0 Å². The number of hydrogen-bond acceptors (Lipinski definition) is 3. The first-order valence-corrected chi connectivity index (χ1v) is 5.82. The van der Waals surface area contributed by atoms with Crippen LogP contribution in [0.2, 0.25) is 0 Å². The number of carbonyl (C=O) groups is 1. The Bertz CT molecular complexity index is 346. The normalized spacial score (nSPS) is 11.4. The summed E-state index contributed by atoms with van der Waals surface area (Å²) in [6, 6.07) is 0. The van der Waals surface area contributed by atoms with Crippen LogP contribution in [0.15, 0.2) is 21.8 Å². The van der Waals surface area contributed by atoms with E-state index in [0.717, 1.165) is 15.7 Å². The van der Waals surface area contributed by atoms with Crippen molar-refractivity contribution in [3.63, 3.8) is 0 Å². The molecule has 0 aliphatic rings. The van der Waals surface area contributed by atoms with Gasteiger partial charge in [0.1, 0.15) is 0 Å². The van der Waals surface area contributed by atoms with Crippen molar-refractivity contribution < 1.29 is 4.79 Å². The summed E-state index contributed by atoms with van der Waals surface area (Å²) in [5.41, 5.74) is 0.638. The molecule has 2 nitrogen and oxygen atoms in total. The molecule has 1 aromatic rings. The van der Waals surface area contributed by atoms with Crippen LogP contribution in [0.3, 0.4) is 0 Å². The minimum absolute atomic E-state index is 0.0850. The molecule has 0 amide bonds. The van der Waals surface area contributed by atoms with Gasteiger partial charge in [0, 0.05) is 27.6 Å². The quantitative estimate of drug-likeness (QED) is 0.610. The molecule has 0 saturated carbocycles. The molecular weight excluding hydrogens is 262 g/mol. The topological polar surface area (TPSA) is 30.0 Å². The number of pyridine rings is 1. The number of rotatable bonds is 2. The van der Waals surface area contributed by atoms with E-state index in [1.807, 2.05) is 0 Å². The fourth-order valence-corrected chi connectivity index (χ4v) is 2.51. The van der Waals surface area contributed by atoms with Crippen molar-refractivity contribution in [1.82, 2.24) is 4.98 Å². The summed E-state index contributed by atoms with van der Waals surface area (Å²) in [4.78, 5) is 15.7. The van der Waals surface area contributed by atoms with Gasteiger partial charge in [-0.25, -0.2) is 0 Å². The Morgan fingerprint density at radius 1 is 1.43 bits per heavy atom. The third-order valence-electron chi connectivity index (χ3n) is 1.42. The van der Waals surface area contributed by atoms with Crippen molar-refractivity contribution in [3.8, 4) is 0 Å². The summed E-state index contributed by atoms with van der Waals surface area (Å²) in [6.07, 6.45) is 4.14. The predicted octanol–water partition coefficient (Wildman–Crippen LogP) is 3.55. The Hall–Kier alpha value is -0.350. The van der Waals surface area contributed by atoms with E-state index in [4.69, 9.17) is 0 Å². The zero-order valence-corrected chi connectivity index (χ0v) is 10.8. The highest BCUT2D eigenvalue weighted by Crippen LogP contribution is 2.37. The minimum Gasteiger partial charge on any atom is -0.298 e. The molecule has 4 heteroatoms. The number of hydrogen-bond donors (Lipinski definition) is 0. The van der Waals surface area contributed by atoms with Gasteiger partial charge in [-0.3, -0.25) is 9.78 Å². The van der Waals surface area contributed by atoms with E-state index in [1.54, 1.807) is 24.2 Å². The second-order valence-corrected chi connectivity index (χ2v) is 6.56. The molecule has 0 aromatic carbocycles. The fourth-order valence-electron chi connectivity index (χ4n) is 0.936. The molecule has 76 valence electrons. The standard InChI is InChI=1S/C10H12BrNOS/c1-10(2,3)14-9-7(6-13)4-12-5-8(9)11/h4-6H,1-3H3. The van der Waals surface area contributed by atoms with Gasteiger partial charge in [0.25, 0.3) is 0 Å². The van der Waals surface area contributed by atoms with E-state index in [0.29, 0.717) is 5.56 Å². The highest BCUT2D eigenvalue weighted by atomic mass is 79.9. The van der Waals surface area contributed by atoms with Crippen molar-refractivity contribution in [1.29, 1.82) is 0 Å². The maximum Gasteiger partial charge on any atom is 0.152 e. The van der Waals surface area contributed by atoms with Gasteiger partial charge >= 0.3 is 0 Å². The van der Waals surface area contributed by atoms with Gasteiger partial charge in [-0.1, -0.05) is 20.8 Å². The highest BCUT2D eigenvalue weighted by molar-refractivity contribution is 9.10. The summed E-state index contributed by atoms with van der Waals surface area (Å²) in [5, 5.41) is 0. The molecule has 0 aliphatic heterocycles. The van der Waals surface area contributed by atoms with Crippen LogP contribution in [-0.2, 0) is 0 Å². The first-order chi connectivity index (χ1) is 6.44. The van der Waals surface area contributed by atoms with Crippen molar-refractivity contribution >= 4 is 34.0 Å². The fraction of sp³-hybridized carbons (Fsp3) is 0.400. The molecule has 0 aliphatic carbocycles. The zero-order chi connectivity index (χ0) is 10.8. The van der Waals surface area contributed by atoms with Gasteiger partial charge in [-0.2, -0.15) is 0 Å². The number of aldehydes is 1. The molecule has 0 radical (unpaired) electrons. The van der Waals surface area contributed by atoms with Crippen molar-refractivity contribution in [2.75, 3.05) is 0 Å². The second kappa shape index (κ2) is 4.45. The van der Waals surface area contributed by atoms with E-state index >= 15 is 0 Å². The SMILES string of the molecule is CC(C)(C)Sc1c(Br)cncc1C=O. The lowest BCUT2D eigenvalue weighted by molar-refractivity contribution is 0.112. The van der Waals surface area contributed by atoms with Crippen molar-refractivity contribution in [2.24, 2.45) is 0 Å². The lowest BCUT2D eigenvalue weighted by atomic mass is 10.3. The van der Waals surface area contributed by atoms with Crippen molar-refractivity contribution in [2.45, 2.75) is 30.4 Å². The van der Waals surface area contributed by atoms with Gasteiger partial charge in [-0.05, 0) is 15.9 Å². The van der Waals surface area contributed by atoms with Gasteiger partial charge < -0.3 is 0 Å². The Kier molecular flexibility index (Phi) is 3.72. The summed E-state index contributed by atoms with van der Waals surface area (Å²) in [6.45, 7) is 6.33. The Balaban J connectivity index is 3.11. The number of aromatic nitrogens is 1. The summed E-state index contributed by atoms with van der Waals surface area (Å²) < 4.78 is 0.962. The zero-order valence-electron chi connectivity index (χ0n) is 8.37. The molecule has 0 fully saturated rings. The molecule has 0 bridgehead atoms. The first-order valence-electron chi connectivity index (χ1n) is 4.22. The van der Waals surface area contributed by atoms with Crippen LogP contribution >= 0.6 is 27.7 Å². The van der Waals surface area contributed by atoms with Gasteiger partial charge in [-0.15, -0.1) is 11.8 Å². The number of thioether (sulfide) groups is 1. The lowest BCUT2D eigenvalue weighted by Crippen LogP contribution is -2.08. The van der Waals surface area contributed by atoms with Crippen LogP contribution < -0.4 is 0 Å². The lowest BCUT2D eigenvalue weighted by Gasteiger charge is -2.19. The largest absolute Gasteiger partial charge is 0.298 e. The van der Waals surface area contributed by atoms with E-state index in [9.17, 15) is 4.79 Å². The second-order valence-electron chi connectivity index (χ2n) is 3.87. The Labute approximate surface area is 96.6 Å². The molecule has 0 unspecified atom stereocenters. The van der Waals surface area contributed by atoms with Crippen molar-refractivity contribution in [3.05, 3.63) is 22.4 Å². The monoisotopic (exact) mass is 273 g/mol. The van der Waals surface area contributed by atoms with Gasteiger partial charge in [0.15, 0.2) is 6.29 Å². The third kappa shape index (κ3) is 3.10. The van der Waals surface area contributed by atoms with Crippen LogP contribution in [0.25, 0.3) is 0 Å². The maximum absolute atomic E-state index is 10.8. The molecule has 14 heavy (non-hydrogen) atoms. The summed E-state index contributed by atoms with van der Waals surface area (Å²) in [5.74, 6) is 0. The highest BCUT2D eigenvalue weighted by Gasteiger charge is 2.17. The van der Waals surface area contributed by atoms with Gasteiger partial charge in [0.05, 0.1) is 4.47 Å². The van der Waals surface area contributed by atoms with Crippen LogP contribution in [0.1, 0.15) is 31.1 Å². The summed E-state index contributed by atoms with van der Waals surface area (Å²) >= 11 is 5.06. The van der Waals surface area contributed by atoms with Crippen LogP contribution in [0.4, 0.5) is 0 Å². The van der Waals surface area contributed by atoms with Crippen LogP contribution in [0, 0.1) is 0 Å². The minimum atomic E-state index is 0.0850. The molecule has 0 spiro atoms. The first kappa shape index (κ1) is 11.7. The van der Waals surface area contributed by atoms with Crippen LogP contribution in [0.5, 0.6) is 0 Å². The number of carbonyl (C=O) groups excluding carboxylic acids is 1. The third-order valence-corrected chi connectivity index (χ3v) is 3.55. The average molecular weight is 274 g/mol. The van der Waals surface area contributed by atoms with E-state index in [1.165, 1.54) is 0 Å². The maximum atomic E-state index is 10.8. The molecule has 0 saturated heterocycles. The molecule has 1 aromatic heterocycles. The van der Waals surface area contributed by atoms with E-state index < -0.39 is 0 Å². The molecule has 0 atom stereocenters. The predicted molar refractivity (Wildman–Crippen MR) is 62.9 cm³/mol. The Morgan fingerprint density at radius 2 is 2.07 bits per heavy atom. The molecule has 0 N–H and O–H groups in total. The molecular formula is C10H12BrNOS. The Morgan fingerprint density at radius 3 is 2.57 bits per heavy atom. The number of nitrogens with zero attached hydrogens (tertiary/aromatic N) is 1. The van der Waals surface area contributed by atoms with Crippen LogP contribution in [-0.4, -0.2) is 16.0 Å². The summed E-state index contributed by atoms with van der Waals surface area (Å²) in [7, 11) is 0. The molecule has 1 heterocycles. The van der Waals surface area contributed by atoms with E-state index in [2.05, 4.69) is 41.7 Å². The number of halogens is 1. The smallest absolute Gasteiger partial charge is 0.152 e. The van der Waals surface area contributed by atoms with E-state index in [-0.39, 0.29) is 4.75 Å². The average Bonchev–Trinajstić information content (AvgIpc) is 2.06. The molecule has 1 rings (SSSR count).